The summed E-state index contributed by atoms with van der Waals surface area (Å²) in [5, 5.41) is 11.9. The molecule has 7 rings (SSSR count). The van der Waals surface area contributed by atoms with Gasteiger partial charge >= 0.3 is 0 Å². The fraction of sp³-hybridized carbons (Fsp3) is 0.281. The lowest BCUT2D eigenvalue weighted by Gasteiger charge is -2.27. The Bertz CT molecular complexity index is 2150. The number of pyridine rings is 1. The molecule has 0 unspecified atom stereocenters. The first-order valence-electron chi connectivity index (χ1n) is 14.5. The Hall–Kier alpha value is -4.23. The van der Waals surface area contributed by atoms with Crippen LogP contribution in [-0.2, 0) is 16.8 Å². The number of aliphatic hydroxyl groups is 1. The van der Waals surface area contributed by atoms with E-state index >= 15 is 4.39 Å². The molecule has 1 aliphatic carbocycles. The topological polar surface area (TPSA) is 124 Å². The Labute approximate surface area is 253 Å². The summed E-state index contributed by atoms with van der Waals surface area (Å²) in [4.78, 5) is 25.9. The number of halogens is 1. The van der Waals surface area contributed by atoms with E-state index in [1.807, 2.05) is 24.3 Å². The second-order valence-electron chi connectivity index (χ2n) is 11.5. The molecule has 5 aromatic rings. The van der Waals surface area contributed by atoms with Crippen molar-refractivity contribution in [3.05, 3.63) is 94.1 Å². The Morgan fingerprint density at radius 1 is 1.14 bits per heavy atom. The van der Waals surface area contributed by atoms with E-state index in [4.69, 9.17) is 0 Å². The molecular weight excluding hydrogens is 583 g/mol. The Morgan fingerprint density at radius 2 is 1.95 bits per heavy atom. The number of H-pyrrole nitrogens is 1. The molecule has 1 fully saturated rings. The summed E-state index contributed by atoms with van der Waals surface area (Å²) in [6, 6.07) is 12.3. The Kier molecular flexibility index (Phi) is 6.96. The second-order valence-corrected chi connectivity index (χ2v) is 13.6. The summed E-state index contributed by atoms with van der Waals surface area (Å²) in [5.41, 5.74) is 4.84. The maximum absolute atomic E-state index is 15.2. The number of fused-ring (bicyclic) bond motifs is 2. The van der Waals surface area contributed by atoms with Gasteiger partial charge in [-0.2, -0.15) is 17.0 Å². The molecule has 2 aromatic carbocycles. The molecule has 2 N–H and O–H groups in total. The normalized spacial score (nSPS) is 16.2. The van der Waals surface area contributed by atoms with E-state index < -0.39 is 21.6 Å². The summed E-state index contributed by atoms with van der Waals surface area (Å²) in [5.74, 6) is -0.182. The molecule has 4 heterocycles. The van der Waals surface area contributed by atoms with E-state index in [2.05, 4.69) is 15.0 Å². The van der Waals surface area contributed by atoms with Crippen LogP contribution in [0.3, 0.4) is 0 Å². The highest BCUT2D eigenvalue weighted by atomic mass is 32.2. The van der Waals surface area contributed by atoms with Gasteiger partial charge in [0.2, 0.25) is 0 Å². The quantitative estimate of drug-likeness (QED) is 0.281. The lowest BCUT2D eigenvalue weighted by molar-refractivity contribution is 0.282. The first kappa shape index (κ1) is 28.5. The minimum absolute atomic E-state index is 0.0172. The van der Waals surface area contributed by atoms with Crippen LogP contribution in [0.25, 0.3) is 44.3 Å². The monoisotopic (exact) mass is 614 g/mol. The van der Waals surface area contributed by atoms with Gasteiger partial charge in [0.1, 0.15) is 17.8 Å². The second kappa shape index (κ2) is 10.7. The van der Waals surface area contributed by atoms with Crippen LogP contribution in [0.4, 0.5) is 4.39 Å². The first-order chi connectivity index (χ1) is 21.2. The molecule has 12 heteroatoms. The lowest BCUT2D eigenvalue weighted by Crippen LogP contribution is -2.42. The molecule has 1 aliphatic heterocycles. The van der Waals surface area contributed by atoms with Crippen LogP contribution in [0.1, 0.15) is 42.0 Å². The third kappa shape index (κ3) is 4.74. The van der Waals surface area contributed by atoms with Crippen LogP contribution >= 0.6 is 0 Å². The third-order valence-electron chi connectivity index (χ3n) is 8.58. The molecular formula is C32H31FN6O4S. The van der Waals surface area contributed by atoms with Gasteiger partial charge in [0.15, 0.2) is 0 Å². The molecule has 0 saturated heterocycles. The van der Waals surface area contributed by atoms with E-state index in [1.54, 1.807) is 24.4 Å². The summed E-state index contributed by atoms with van der Waals surface area (Å²) >= 11 is 0. The van der Waals surface area contributed by atoms with Gasteiger partial charge < -0.3 is 10.1 Å². The molecule has 3 aromatic heterocycles. The molecule has 10 nitrogen and oxygen atoms in total. The van der Waals surface area contributed by atoms with Crippen LogP contribution in [0, 0.1) is 5.82 Å². The van der Waals surface area contributed by atoms with Gasteiger partial charge in [0.05, 0.1) is 23.4 Å². The first-order valence-corrected chi connectivity index (χ1v) is 15.9. The largest absolute Gasteiger partial charge is 0.392 e. The van der Waals surface area contributed by atoms with Crippen LogP contribution in [0.2, 0.25) is 0 Å². The maximum atomic E-state index is 15.2. The third-order valence-corrected chi connectivity index (χ3v) is 10.5. The number of benzene rings is 2. The van der Waals surface area contributed by atoms with Crippen LogP contribution in [0.15, 0.2) is 65.9 Å². The van der Waals surface area contributed by atoms with Crippen molar-refractivity contribution in [2.45, 2.75) is 31.8 Å². The van der Waals surface area contributed by atoms with Crippen molar-refractivity contribution in [1.82, 2.24) is 28.1 Å². The predicted octanol–water partition coefficient (Wildman–Crippen LogP) is 4.33. The highest BCUT2D eigenvalue weighted by Gasteiger charge is 2.28. The average molecular weight is 615 g/mol. The fourth-order valence-corrected chi connectivity index (χ4v) is 7.09. The van der Waals surface area contributed by atoms with Gasteiger partial charge in [-0.05, 0) is 66.0 Å². The molecule has 0 bridgehead atoms. The van der Waals surface area contributed by atoms with Crippen molar-refractivity contribution in [2.24, 2.45) is 0 Å². The van der Waals surface area contributed by atoms with Gasteiger partial charge in [-0.25, -0.2) is 14.4 Å². The Balaban J connectivity index is 1.29. The maximum Gasteiger partial charge on any atom is 0.281 e. The molecule has 0 amide bonds. The number of nitrogens with one attached hydrogen (secondary N) is 1. The van der Waals surface area contributed by atoms with Gasteiger partial charge in [-0.1, -0.05) is 24.3 Å². The van der Waals surface area contributed by atoms with E-state index in [0.717, 1.165) is 29.7 Å². The minimum atomic E-state index is -3.51. The molecule has 0 atom stereocenters. The van der Waals surface area contributed by atoms with Gasteiger partial charge in [-0.15, -0.1) is 0 Å². The smallest absolute Gasteiger partial charge is 0.281 e. The zero-order valence-corrected chi connectivity index (χ0v) is 25.1. The highest BCUT2D eigenvalue weighted by molar-refractivity contribution is 7.86. The molecule has 226 valence electrons. The van der Waals surface area contributed by atoms with Crippen molar-refractivity contribution in [3.63, 3.8) is 0 Å². The zero-order valence-electron chi connectivity index (χ0n) is 24.3. The van der Waals surface area contributed by atoms with E-state index in [-0.39, 0.29) is 18.5 Å². The number of hydrogen-bond acceptors (Lipinski definition) is 6. The van der Waals surface area contributed by atoms with Crippen molar-refractivity contribution >= 4 is 37.6 Å². The van der Waals surface area contributed by atoms with Crippen LogP contribution < -0.4 is 5.56 Å². The molecule has 0 radical (unpaired) electrons. The molecule has 2 aliphatic rings. The highest BCUT2D eigenvalue weighted by Crippen LogP contribution is 2.41. The van der Waals surface area contributed by atoms with Crippen LogP contribution in [-0.4, -0.2) is 68.8 Å². The zero-order chi connectivity index (χ0) is 30.7. The standard InChI is InChI=1S/C32H31FN6O4S/c1-37(2)44(42,43)38-11-8-20(9-12-38)27-16-24-30(34-18-35-31(24)36-27)23-4-3-5-28(25(23)17-40)39-13-10-21-14-22(19-6-7-19)15-26(33)29(21)32(39)41/h3-5,8,10,13-16,18-19,40H,6-7,9,11-12,17H2,1-2H3,(H,34,35,36). The number of hydrogen-bond donors (Lipinski definition) is 2. The lowest BCUT2D eigenvalue weighted by atomic mass is 9.99. The SMILES string of the molecule is CN(C)S(=O)(=O)N1CC=C(c2cc3c(-c4cccc(-n5ccc6cc(C7CC7)cc(F)c6c5=O)c4CO)ncnc3[nH]2)CC1. The Morgan fingerprint density at radius 3 is 2.66 bits per heavy atom. The number of nitrogens with zero attached hydrogens (tertiary/aromatic N) is 5. The van der Waals surface area contributed by atoms with Crippen molar-refractivity contribution in [3.8, 4) is 16.9 Å². The summed E-state index contributed by atoms with van der Waals surface area (Å²) < 4.78 is 44.3. The average Bonchev–Trinajstić information content (AvgIpc) is 3.78. The minimum Gasteiger partial charge on any atom is -0.392 e. The predicted molar refractivity (Wildman–Crippen MR) is 167 cm³/mol. The van der Waals surface area contributed by atoms with E-state index in [9.17, 15) is 18.3 Å². The van der Waals surface area contributed by atoms with Crippen LogP contribution in [0.5, 0.6) is 0 Å². The number of aromatic nitrogens is 4. The summed E-state index contributed by atoms with van der Waals surface area (Å²) in [7, 11) is -0.478. The number of rotatable bonds is 7. The van der Waals surface area contributed by atoms with Gasteiger partial charge in [0, 0.05) is 55.6 Å². The van der Waals surface area contributed by atoms with Gasteiger partial charge in [-0.3, -0.25) is 9.36 Å². The van der Waals surface area contributed by atoms with Crippen molar-refractivity contribution in [2.75, 3.05) is 27.2 Å². The summed E-state index contributed by atoms with van der Waals surface area (Å²) in [6.45, 7) is 0.215. The summed E-state index contributed by atoms with van der Waals surface area (Å²) in [6.07, 6.45) is 7.53. The molecule has 0 spiro atoms. The molecule has 44 heavy (non-hydrogen) atoms. The number of aromatic amines is 1. The van der Waals surface area contributed by atoms with E-state index in [0.29, 0.717) is 57.8 Å². The van der Waals surface area contributed by atoms with E-state index in [1.165, 1.54) is 39.7 Å². The fourth-order valence-electron chi connectivity index (χ4n) is 6.04. The number of aliphatic hydroxyl groups excluding tert-OH is 1. The molecule has 1 saturated carbocycles. The van der Waals surface area contributed by atoms with Crippen molar-refractivity contribution < 1.29 is 17.9 Å². The van der Waals surface area contributed by atoms with Gasteiger partial charge in [0.25, 0.3) is 15.8 Å². The van der Waals surface area contributed by atoms with Crippen molar-refractivity contribution in [1.29, 1.82) is 0 Å².